The second-order valence-electron chi connectivity index (χ2n) is 4.08. The molecule has 3 heteroatoms. The van der Waals surface area contributed by atoms with Gasteiger partial charge in [-0.1, -0.05) is 11.6 Å². The van der Waals surface area contributed by atoms with Gasteiger partial charge in [-0.2, -0.15) is 0 Å². The van der Waals surface area contributed by atoms with Crippen LogP contribution in [0.25, 0.3) is 0 Å². The van der Waals surface area contributed by atoms with Crippen molar-refractivity contribution in [2.24, 2.45) is 0 Å². The van der Waals surface area contributed by atoms with Crippen molar-refractivity contribution in [2.45, 2.75) is 19.4 Å². The summed E-state index contributed by atoms with van der Waals surface area (Å²) >= 11 is 0. The largest absolute Gasteiger partial charge is 0.496 e. The summed E-state index contributed by atoms with van der Waals surface area (Å²) in [5.41, 5.74) is 2.17. The fourth-order valence-corrected chi connectivity index (χ4v) is 1.92. The molecule has 1 N–H and O–H groups in total. The summed E-state index contributed by atoms with van der Waals surface area (Å²) in [5.74, 6) is 1.68. The van der Waals surface area contributed by atoms with E-state index < -0.39 is 0 Å². The van der Waals surface area contributed by atoms with E-state index in [-0.39, 0.29) is 6.04 Å². The maximum atomic E-state index is 5.40. The third-order valence-electron chi connectivity index (χ3n) is 2.72. The van der Waals surface area contributed by atoms with Gasteiger partial charge in [0.25, 0.3) is 0 Å². The van der Waals surface area contributed by atoms with Crippen molar-refractivity contribution in [3.8, 4) is 11.5 Å². The van der Waals surface area contributed by atoms with Crippen LogP contribution in [0.5, 0.6) is 11.5 Å². The highest BCUT2D eigenvalue weighted by Gasteiger charge is 2.19. The van der Waals surface area contributed by atoms with Gasteiger partial charge in [-0.25, -0.2) is 0 Å². The van der Waals surface area contributed by atoms with Crippen molar-refractivity contribution in [3.05, 3.63) is 35.9 Å². The third kappa shape index (κ3) is 3.24. The van der Waals surface area contributed by atoms with Gasteiger partial charge in [-0.3, -0.25) is 0 Å². The van der Waals surface area contributed by atoms with Gasteiger partial charge in [0.05, 0.1) is 19.8 Å². The predicted octanol–water partition coefficient (Wildman–Crippen LogP) is 2.93. The standard InChI is InChI=1S/C14H21NO2/c1-10(2)9-11(15-3)14-12(16-4)7-6-8-13(14)17-5/h6-8,11,15H,1,9H2,2-5H3. The SMILES string of the molecule is C=C(C)CC(NC)c1c(OC)cccc1OC. The molecule has 0 aliphatic rings. The zero-order valence-electron chi connectivity index (χ0n) is 11.0. The van der Waals surface area contributed by atoms with E-state index >= 15 is 0 Å². The minimum absolute atomic E-state index is 0.151. The van der Waals surface area contributed by atoms with Crippen molar-refractivity contribution in [2.75, 3.05) is 21.3 Å². The molecule has 0 heterocycles. The molecule has 1 atom stereocenters. The Kier molecular flexibility index (Phi) is 5.04. The Morgan fingerprint density at radius 1 is 1.29 bits per heavy atom. The van der Waals surface area contributed by atoms with E-state index in [1.807, 2.05) is 32.2 Å². The van der Waals surface area contributed by atoms with E-state index in [0.717, 1.165) is 29.1 Å². The first-order valence-corrected chi connectivity index (χ1v) is 5.66. The van der Waals surface area contributed by atoms with Crippen LogP contribution in [-0.2, 0) is 0 Å². The molecule has 1 rings (SSSR count). The fourth-order valence-electron chi connectivity index (χ4n) is 1.92. The summed E-state index contributed by atoms with van der Waals surface area (Å²) in [5, 5.41) is 3.28. The van der Waals surface area contributed by atoms with Crippen LogP contribution < -0.4 is 14.8 Å². The normalized spacial score (nSPS) is 12.0. The van der Waals surface area contributed by atoms with Gasteiger partial charge < -0.3 is 14.8 Å². The lowest BCUT2D eigenvalue weighted by Gasteiger charge is -2.21. The molecule has 0 spiro atoms. The van der Waals surface area contributed by atoms with Gasteiger partial charge in [0.1, 0.15) is 11.5 Å². The lowest BCUT2D eigenvalue weighted by atomic mass is 9.98. The van der Waals surface area contributed by atoms with Gasteiger partial charge in [0.2, 0.25) is 0 Å². The van der Waals surface area contributed by atoms with Gasteiger partial charge >= 0.3 is 0 Å². The average molecular weight is 235 g/mol. The monoisotopic (exact) mass is 235 g/mol. The van der Waals surface area contributed by atoms with Crippen molar-refractivity contribution in [1.29, 1.82) is 0 Å². The van der Waals surface area contributed by atoms with E-state index in [1.54, 1.807) is 14.2 Å². The summed E-state index contributed by atoms with van der Waals surface area (Å²) in [4.78, 5) is 0. The highest BCUT2D eigenvalue weighted by Crippen LogP contribution is 2.36. The first-order valence-electron chi connectivity index (χ1n) is 5.66. The molecule has 0 bridgehead atoms. The van der Waals surface area contributed by atoms with Gasteiger partial charge in [-0.05, 0) is 32.5 Å². The Hall–Kier alpha value is -1.48. The smallest absolute Gasteiger partial charge is 0.127 e. The summed E-state index contributed by atoms with van der Waals surface area (Å²) in [6, 6.07) is 5.97. The number of nitrogens with one attached hydrogen (secondary N) is 1. The molecule has 0 aromatic heterocycles. The third-order valence-corrected chi connectivity index (χ3v) is 2.72. The molecule has 1 aromatic rings. The molecular weight excluding hydrogens is 214 g/mol. The summed E-state index contributed by atoms with van der Waals surface area (Å²) in [7, 11) is 5.27. The molecule has 94 valence electrons. The number of rotatable bonds is 6. The Morgan fingerprint density at radius 3 is 2.18 bits per heavy atom. The minimum atomic E-state index is 0.151. The predicted molar refractivity (Wildman–Crippen MR) is 70.8 cm³/mol. The molecule has 3 nitrogen and oxygen atoms in total. The first-order chi connectivity index (χ1) is 8.13. The molecule has 0 fully saturated rings. The summed E-state index contributed by atoms with van der Waals surface area (Å²) in [6.07, 6.45) is 0.854. The molecule has 0 saturated carbocycles. The second kappa shape index (κ2) is 6.30. The van der Waals surface area contributed by atoms with E-state index in [4.69, 9.17) is 9.47 Å². The lowest BCUT2D eigenvalue weighted by Crippen LogP contribution is -2.18. The zero-order valence-corrected chi connectivity index (χ0v) is 11.0. The van der Waals surface area contributed by atoms with Crippen LogP contribution in [0, 0.1) is 0 Å². The topological polar surface area (TPSA) is 30.5 Å². The zero-order chi connectivity index (χ0) is 12.8. The van der Waals surface area contributed by atoms with E-state index in [0.29, 0.717) is 0 Å². The molecule has 0 amide bonds. The maximum Gasteiger partial charge on any atom is 0.127 e. The molecule has 0 radical (unpaired) electrons. The highest BCUT2D eigenvalue weighted by atomic mass is 16.5. The number of hydrogen-bond acceptors (Lipinski definition) is 3. The van der Waals surface area contributed by atoms with Gasteiger partial charge in [0.15, 0.2) is 0 Å². The Morgan fingerprint density at radius 2 is 1.82 bits per heavy atom. The number of benzene rings is 1. The molecule has 0 aliphatic carbocycles. The van der Waals surface area contributed by atoms with Crippen LogP contribution in [0.3, 0.4) is 0 Å². The van der Waals surface area contributed by atoms with Gasteiger partial charge in [-0.15, -0.1) is 6.58 Å². The summed E-state index contributed by atoms with van der Waals surface area (Å²) in [6.45, 7) is 5.98. The van der Waals surface area contributed by atoms with Gasteiger partial charge in [0, 0.05) is 6.04 Å². The van der Waals surface area contributed by atoms with Crippen LogP contribution in [0.2, 0.25) is 0 Å². The van der Waals surface area contributed by atoms with Crippen molar-refractivity contribution >= 4 is 0 Å². The van der Waals surface area contributed by atoms with Crippen molar-refractivity contribution in [1.82, 2.24) is 5.32 Å². The summed E-state index contributed by atoms with van der Waals surface area (Å²) < 4.78 is 10.8. The number of hydrogen-bond donors (Lipinski definition) is 1. The lowest BCUT2D eigenvalue weighted by molar-refractivity contribution is 0.373. The second-order valence-corrected chi connectivity index (χ2v) is 4.08. The average Bonchev–Trinajstić information content (AvgIpc) is 2.34. The Bertz CT molecular complexity index is 366. The van der Waals surface area contributed by atoms with E-state index in [2.05, 4.69) is 11.9 Å². The van der Waals surface area contributed by atoms with E-state index in [1.165, 1.54) is 0 Å². The first kappa shape index (κ1) is 13.6. The maximum absolute atomic E-state index is 5.40. The number of methoxy groups -OCH3 is 2. The Labute approximate surface area is 103 Å². The van der Waals surface area contributed by atoms with Crippen LogP contribution in [0.1, 0.15) is 24.9 Å². The number of ether oxygens (including phenoxy) is 2. The fraction of sp³-hybridized carbons (Fsp3) is 0.429. The Balaban J connectivity index is 3.18. The molecular formula is C14H21NO2. The molecule has 0 aliphatic heterocycles. The molecule has 17 heavy (non-hydrogen) atoms. The van der Waals surface area contributed by atoms with Crippen LogP contribution in [0.4, 0.5) is 0 Å². The van der Waals surface area contributed by atoms with Crippen molar-refractivity contribution < 1.29 is 9.47 Å². The van der Waals surface area contributed by atoms with Crippen molar-refractivity contribution in [3.63, 3.8) is 0 Å². The van der Waals surface area contributed by atoms with Crippen LogP contribution in [0.15, 0.2) is 30.4 Å². The van der Waals surface area contributed by atoms with Crippen LogP contribution in [-0.4, -0.2) is 21.3 Å². The molecule has 0 saturated heterocycles. The van der Waals surface area contributed by atoms with Crippen LogP contribution >= 0.6 is 0 Å². The molecule has 1 aromatic carbocycles. The molecule has 1 unspecified atom stereocenters. The highest BCUT2D eigenvalue weighted by molar-refractivity contribution is 5.47. The minimum Gasteiger partial charge on any atom is -0.496 e. The van der Waals surface area contributed by atoms with E-state index in [9.17, 15) is 0 Å². The quantitative estimate of drug-likeness (QED) is 0.769.